The average molecular weight is 240 g/mol. The molecule has 0 aliphatic carbocycles. The van der Waals surface area contributed by atoms with Gasteiger partial charge in [0.25, 0.3) is 0 Å². The van der Waals surface area contributed by atoms with Gasteiger partial charge in [0.2, 0.25) is 0 Å². The van der Waals surface area contributed by atoms with Crippen LogP contribution in [0.1, 0.15) is 13.8 Å². The lowest BCUT2D eigenvalue weighted by molar-refractivity contribution is -0.539. The van der Waals surface area contributed by atoms with Gasteiger partial charge in [-0.2, -0.15) is 4.89 Å². The van der Waals surface area contributed by atoms with Gasteiger partial charge in [0.1, 0.15) is 5.41 Å². The molecule has 6 fully saturated rings. The van der Waals surface area contributed by atoms with E-state index in [-0.39, 0.29) is 0 Å². The van der Waals surface area contributed by atoms with Crippen molar-refractivity contribution in [1.82, 2.24) is 0 Å². The summed E-state index contributed by atoms with van der Waals surface area (Å²) in [6.45, 7) is 3.61. The van der Waals surface area contributed by atoms with Crippen molar-refractivity contribution in [1.29, 1.82) is 0 Å². The molecule has 0 amide bonds. The third kappa shape index (κ3) is 0.686. The molecule has 6 heterocycles. The van der Waals surface area contributed by atoms with Crippen LogP contribution >= 0.6 is 17.2 Å². The molecule has 0 aromatic heterocycles. The molecule has 2 spiro atoms. The molecule has 6 rings (SSSR count). The fourth-order valence-corrected chi connectivity index (χ4v) is 4.35. The average Bonchev–Trinajstić information content (AvgIpc) is 2.13. The summed E-state index contributed by atoms with van der Waals surface area (Å²) in [6.07, 6.45) is 0. The van der Waals surface area contributed by atoms with E-state index in [9.17, 15) is 0 Å². The van der Waals surface area contributed by atoms with E-state index in [1.165, 1.54) is 0 Å². The summed E-state index contributed by atoms with van der Waals surface area (Å²) >= 11 is 0. The van der Waals surface area contributed by atoms with Gasteiger partial charge in [-0.25, -0.2) is 0 Å². The lowest BCUT2D eigenvalue weighted by Crippen LogP contribution is -2.71. The smallest absolute Gasteiger partial charge is 0.252 e. The lowest BCUT2D eigenvalue weighted by atomic mass is 9.87. The standard InChI is InChI=1S/C5H6O7P2/c1-3(2)4-6-12-14-10-5(3,11-14)9-13(7-4)8-4/h1-2H3. The van der Waals surface area contributed by atoms with Gasteiger partial charge < -0.3 is 0 Å². The van der Waals surface area contributed by atoms with E-state index in [1.807, 2.05) is 0 Å². The Balaban J connectivity index is 1.88. The monoisotopic (exact) mass is 240 g/mol. The van der Waals surface area contributed by atoms with Crippen LogP contribution in [0.4, 0.5) is 0 Å². The largest absolute Gasteiger partial charge is 0.372 e. The molecule has 0 radical (unpaired) electrons. The first-order valence-electron chi connectivity index (χ1n) is 3.99. The van der Waals surface area contributed by atoms with Crippen LogP contribution in [-0.4, -0.2) is 11.9 Å². The van der Waals surface area contributed by atoms with Gasteiger partial charge in [-0.15, -0.1) is 4.67 Å². The van der Waals surface area contributed by atoms with Crippen molar-refractivity contribution in [3.8, 4) is 0 Å². The number of fused-ring (bicyclic) bond motifs is 1. The molecule has 0 aromatic carbocycles. The first-order chi connectivity index (χ1) is 6.57. The summed E-state index contributed by atoms with van der Waals surface area (Å²) in [5.74, 6) is -2.37. The van der Waals surface area contributed by atoms with Crippen LogP contribution in [-0.2, 0) is 32.2 Å². The minimum absolute atomic E-state index is 0.744. The second-order valence-corrected chi connectivity index (χ2v) is 5.76. The van der Waals surface area contributed by atoms with E-state index in [0.29, 0.717) is 0 Å². The zero-order valence-electron chi connectivity index (χ0n) is 7.25. The van der Waals surface area contributed by atoms with Crippen LogP contribution in [0.25, 0.3) is 0 Å². The molecule has 0 unspecified atom stereocenters. The third-order valence-corrected chi connectivity index (χ3v) is 4.86. The normalized spacial score (nSPS) is 62.1. The molecule has 0 saturated carbocycles. The summed E-state index contributed by atoms with van der Waals surface area (Å²) in [5, 5.41) is 0. The number of rotatable bonds is 0. The Labute approximate surface area is 81.4 Å². The maximum absolute atomic E-state index is 5.40. The topological polar surface area (TPSA) is 64.6 Å². The molecule has 14 heavy (non-hydrogen) atoms. The van der Waals surface area contributed by atoms with Crippen molar-refractivity contribution in [2.75, 3.05) is 0 Å². The van der Waals surface area contributed by atoms with Crippen molar-refractivity contribution in [2.24, 2.45) is 5.41 Å². The van der Waals surface area contributed by atoms with Crippen molar-refractivity contribution in [3.05, 3.63) is 0 Å². The highest BCUT2D eigenvalue weighted by molar-refractivity contribution is 7.44. The van der Waals surface area contributed by atoms with Crippen LogP contribution in [0.15, 0.2) is 0 Å². The predicted molar refractivity (Wildman–Crippen MR) is 40.7 cm³/mol. The molecule has 78 valence electrons. The van der Waals surface area contributed by atoms with Gasteiger partial charge >= 0.3 is 29.2 Å². The van der Waals surface area contributed by atoms with Gasteiger partial charge in [0, 0.05) is 0 Å². The molecule has 6 aliphatic rings. The van der Waals surface area contributed by atoms with Crippen LogP contribution in [0.5, 0.6) is 0 Å². The van der Waals surface area contributed by atoms with E-state index in [0.717, 1.165) is 0 Å². The maximum Gasteiger partial charge on any atom is 0.372 e. The van der Waals surface area contributed by atoms with Gasteiger partial charge in [-0.3, -0.25) is 22.6 Å². The molecule has 0 aromatic rings. The second kappa shape index (κ2) is 2.15. The van der Waals surface area contributed by atoms with Gasteiger partial charge in [0.05, 0.1) is 0 Å². The fourth-order valence-electron chi connectivity index (χ4n) is 1.58. The molecule has 6 saturated heterocycles. The zero-order valence-corrected chi connectivity index (χ0v) is 9.04. The molecule has 4 bridgehead atoms. The molecule has 9 heteroatoms. The first kappa shape index (κ1) is 8.70. The van der Waals surface area contributed by atoms with E-state index in [2.05, 4.69) is 0 Å². The van der Waals surface area contributed by atoms with Gasteiger partial charge in [-0.1, -0.05) is 0 Å². The Morgan fingerprint density at radius 3 is 2.07 bits per heavy atom. The quantitative estimate of drug-likeness (QED) is 0.472. The van der Waals surface area contributed by atoms with Crippen molar-refractivity contribution < 1.29 is 32.2 Å². The summed E-state index contributed by atoms with van der Waals surface area (Å²) in [6, 6.07) is 0. The lowest BCUT2D eigenvalue weighted by Gasteiger charge is -2.61. The van der Waals surface area contributed by atoms with Crippen LogP contribution in [0, 0.1) is 5.41 Å². The second-order valence-electron chi connectivity index (χ2n) is 3.80. The summed E-state index contributed by atoms with van der Waals surface area (Å²) < 4.78 is 31.7. The molecule has 0 atom stereocenters. The Bertz CT molecular complexity index is 303. The van der Waals surface area contributed by atoms with E-state index >= 15 is 0 Å². The van der Waals surface area contributed by atoms with E-state index in [1.54, 1.807) is 13.8 Å². The SMILES string of the molecule is CC1(C)C23OOP4OC1(OP(O2)O3)O4. The molecule has 0 N–H and O–H groups in total. The van der Waals surface area contributed by atoms with Crippen molar-refractivity contribution in [2.45, 2.75) is 25.8 Å². The summed E-state index contributed by atoms with van der Waals surface area (Å²) in [7, 11) is -2.90. The van der Waals surface area contributed by atoms with Crippen LogP contribution in [0.3, 0.4) is 0 Å². The third-order valence-electron chi connectivity index (χ3n) is 2.71. The predicted octanol–water partition coefficient (Wildman–Crippen LogP) is 1.86. The number of hydrogen-bond donors (Lipinski definition) is 0. The molecule has 7 nitrogen and oxygen atoms in total. The molecular formula is C5H6O7P2. The Kier molecular flexibility index (Phi) is 1.34. The minimum atomic E-state index is -1.48. The van der Waals surface area contributed by atoms with E-state index in [4.69, 9.17) is 32.2 Å². The summed E-state index contributed by atoms with van der Waals surface area (Å²) in [5.41, 5.74) is -0.744. The summed E-state index contributed by atoms with van der Waals surface area (Å²) in [4.78, 5) is 5.06. The number of hydrogen-bond acceptors (Lipinski definition) is 7. The van der Waals surface area contributed by atoms with E-state index < -0.39 is 34.6 Å². The maximum atomic E-state index is 5.40. The highest BCUT2D eigenvalue weighted by Gasteiger charge is 2.85. The highest BCUT2D eigenvalue weighted by Crippen LogP contribution is 2.82. The van der Waals surface area contributed by atoms with Crippen LogP contribution in [0.2, 0.25) is 0 Å². The fraction of sp³-hybridized carbons (Fsp3) is 1.00. The van der Waals surface area contributed by atoms with Gasteiger partial charge in [0.15, 0.2) is 0 Å². The Morgan fingerprint density at radius 1 is 0.786 bits per heavy atom. The van der Waals surface area contributed by atoms with Crippen molar-refractivity contribution in [3.63, 3.8) is 0 Å². The Morgan fingerprint density at radius 2 is 1.36 bits per heavy atom. The first-order valence-corrected chi connectivity index (χ1v) is 6.18. The zero-order chi connectivity index (χ0) is 9.60. The van der Waals surface area contributed by atoms with Crippen LogP contribution < -0.4 is 0 Å². The molecule has 6 aliphatic heterocycles. The minimum Gasteiger partial charge on any atom is -0.252 e. The van der Waals surface area contributed by atoms with Crippen molar-refractivity contribution >= 4 is 17.2 Å². The van der Waals surface area contributed by atoms with Gasteiger partial charge in [-0.05, 0) is 13.8 Å². The molecular weight excluding hydrogens is 234 g/mol. The highest BCUT2D eigenvalue weighted by atomic mass is 31.2. The Hall–Kier alpha value is 0.580.